The van der Waals surface area contributed by atoms with Gasteiger partial charge in [-0.25, -0.2) is 0 Å². The molecule has 1 nitrogen and oxygen atoms in total. The molecule has 0 spiro atoms. The Labute approximate surface area is 74.2 Å². The van der Waals surface area contributed by atoms with Gasteiger partial charge >= 0.3 is 0 Å². The van der Waals surface area contributed by atoms with Gasteiger partial charge in [-0.15, -0.1) is 0 Å². The minimum absolute atomic E-state index is 0.485. The predicted octanol–water partition coefficient (Wildman–Crippen LogP) is 2.43. The maximum absolute atomic E-state index is 9.68. The SMILES string of the molecule is OC1(c2ccc(Br)cc2)CC1. The molecule has 1 aromatic carbocycles. The molecule has 1 aromatic rings. The van der Waals surface area contributed by atoms with Crippen LogP contribution in [-0.4, -0.2) is 5.11 Å². The van der Waals surface area contributed by atoms with Crippen LogP contribution in [-0.2, 0) is 5.60 Å². The standard InChI is InChI=1S/C9H9BrO/c10-8-3-1-7(2-4-8)9(11)5-6-9/h1-4,11H,5-6H2. The van der Waals surface area contributed by atoms with E-state index in [1.165, 1.54) is 0 Å². The maximum Gasteiger partial charge on any atom is 0.0899 e. The van der Waals surface area contributed by atoms with Crippen molar-refractivity contribution in [1.82, 2.24) is 0 Å². The lowest BCUT2D eigenvalue weighted by Gasteiger charge is -2.06. The summed E-state index contributed by atoms with van der Waals surface area (Å²) < 4.78 is 1.06. The molecule has 1 fully saturated rings. The summed E-state index contributed by atoms with van der Waals surface area (Å²) in [6.07, 6.45) is 1.82. The Balaban J connectivity index is 2.33. The van der Waals surface area contributed by atoms with E-state index in [9.17, 15) is 5.11 Å². The maximum atomic E-state index is 9.68. The van der Waals surface area contributed by atoms with E-state index in [2.05, 4.69) is 15.9 Å². The molecule has 0 amide bonds. The molecule has 0 aliphatic heterocycles. The van der Waals surface area contributed by atoms with E-state index < -0.39 is 5.60 Å². The van der Waals surface area contributed by atoms with Crippen molar-refractivity contribution in [2.45, 2.75) is 18.4 Å². The average molecular weight is 213 g/mol. The van der Waals surface area contributed by atoms with Crippen LogP contribution in [0.25, 0.3) is 0 Å². The minimum atomic E-state index is -0.485. The third-order valence-electron chi connectivity index (χ3n) is 2.11. The van der Waals surface area contributed by atoms with Crippen LogP contribution in [0.2, 0.25) is 0 Å². The summed E-state index contributed by atoms with van der Waals surface area (Å²) in [6, 6.07) is 7.87. The van der Waals surface area contributed by atoms with Crippen molar-refractivity contribution >= 4 is 15.9 Å². The Morgan fingerprint density at radius 1 is 1.18 bits per heavy atom. The van der Waals surface area contributed by atoms with E-state index in [1.54, 1.807) is 0 Å². The van der Waals surface area contributed by atoms with Crippen LogP contribution < -0.4 is 0 Å². The number of hydrogen-bond donors (Lipinski definition) is 1. The van der Waals surface area contributed by atoms with Gasteiger partial charge in [0.05, 0.1) is 5.60 Å². The van der Waals surface area contributed by atoms with E-state index in [0.717, 1.165) is 22.9 Å². The van der Waals surface area contributed by atoms with Crippen molar-refractivity contribution in [3.63, 3.8) is 0 Å². The van der Waals surface area contributed by atoms with E-state index >= 15 is 0 Å². The molecule has 0 heterocycles. The topological polar surface area (TPSA) is 20.2 Å². The first-order valence-electron chi connectivity index (χ1n) is 3.69. The van der Waals surface area contributed by atoms with E-state index in [-0.39, 0.29) is 0 Å². The fourth-order valence-corrected chi connectivity index (χ4v) is 1.43. The summed E-state index contributed by atoms with van der Waals surface area (Å²) in [6.45, 7) is 0. The van der Waals surface area contributed by atoms with E-state index in [1.807, 2.05) is 24.3 Å². The smallest absolute Gasteiger partial charge is 0.0899 e. The average Bonchev–Trinajstić information content (AvgIpc) is 2.70. The third kappa shape index (κ3) is 1.33. The summed E-state index contributed by atoms with van der Waals surface area (Å²) in [4.78, 5) is 0. The molecule has 0 radical (unpaired) electrons. The second kappa shape index (κ2) is 2.32. The lowest BCUT2D eigenvalue weighted by Crippen LogP contribution is -2.02. The molecule has 2 heteroatoms. The second-order valence-corrected chi connectivity index (χ2v) is 3.95. The van der Waals surface area contributed by atoms with Crippen molar-refractivity contribution < 1.29 is 5.11 Å². The van der Waals surface area contributed by atoms with E-state index in [4.69, 9.17) is 0 Å². The summed E-state index contributed by atoms with van der Waals surface area (Å²) in [7, 11) is 0. The largest absolute Gasteiger partial charge is 0.385 e. The molecule has 0 saturated heterocycles. The van der Waals surface area contributed by atoms with Crippen LogP contribution in [0.1, 0.15) is 18.4 Å². The highest BCUT2D eigenvalue weighted by molar-refractivity contribution is 9.10. The van der Waals surface area contributed by atoms with Crippen LogP contribution in [0.4, 0.5) is 0 Å². The predicted molar refractivity (Wildman–Crippen MR) is 47.3 cm³/mol. The summed E-state index contributed by atoms with van der Waals surface area (Å²) in [5.41, 5.74) is 0.557. The summed E-state index contributed by atoms with van der Waals surface area (Å²) in [5, 5.41) is 9.68. The Morgan fingerprint density at radius 3 is 2.18 bits per heavy atom. The monoisotopic (exact) mass is 212 g/mol. The molecule has 2 rings (SSSR count). The van der Waals surface area contributed by atoms with Gasteiger partial charge in [0.1, 0.15) is 0 Å². The normalized spacial score (nSPS) is 19.8. The minimum Gasteiger partial charge on any atom is -0.385 e. The first kappa shape index (κ1) is 7.32. The zero-order chi connectivity index (χ0) is 7.90. The molecule has 0 bridgehead atoms. The van der Waals surface area contributed by atoms with Crippen LogP contribution >= 0.6 is 15.9 Å². The van der Waals surface area contributed by atoms with Crippen molar-refractivity contribution in [2.75, 3.05) is 0 Å². The first-order valence-corrected chi connectivity index (χ1v) is 4.48. The number of halogens is 1. The van der Waals surface area contributed by atoms with Gasteiger partial charge in [0, 0.05) is 4.47 Å². The second-order valence-electron chi connectivity index (χ2n) is 3.04. The van der Waals surface area contributed by atoms with Crippen molar-refractivity contribution in [3.05, 3.63) is 34.3 Å². The van der Waals surface area contributed by atoms with Crippen molar-refractivity contribution in [3.8, 4) is 0 Å². The molecule has 58 valence electrons. The lowest BCUT2D eigenvalue weighted by atomic mass is 10.1. The van der Waals surface area contributed by atoms with Gasteiger partial charge in [0.25, 0.3) is 0 Å². The number of benzene rings is 1. The number of aliphatic hydroxyl groups is 1. The Kier molecular flexibility index (Phi) is 1.55. The highest BCUT2D eigenvalue weighted by atomic mass is 79.9. The molecular weight excluding hydrogens is 204 g/mol. The Bertz CT molecular complexity index is 261. The fraction of sp³-hybridized carbons (Fsp3) is 0.333. The van der Waals surface area contributed by atoms with Gasteiger partial charge in [0.2, 0.25) is 0 Å². The molecule has 0 atom stereocenters. The third-order valence-corrected chi connectivity index (χ3v) is 2.63. The highest BCUT2D eigenvalue weighted by Crippen LogP contribution is 2.45. The Morgan fingerprint density at radius 2 is 1.73 bits per heavy atom. The van der Waals surface area contributed by atoms with E-state index in [0.29, 0.717) is 0 Å². The quantitative estimate of drug-likeness (QED) is 0.759. The van der Waals surface area contributed by atoms with Gasteiger partial charge < -0.3 is 5.11 Å². The Hall–Kier alpha value is -0.340. The van der Waals surface area contributed by atoms with Gasteiger partial charge in [-0.2, -0.15) is 0 Å². The number of hydrogen-bond acceptors (Lipinski definition) is 1. The zero-order valence-electron chi connectivity index (χ0n) is 6.05. The van der Waals surface area contributed by atoms with Crippen molar-refractivity contribution in [2.24, 2.45) is 0 Å². The van der Waals surface area contributed by atoms with Gasteiger partial charge in [-0.05, 0) is 30.5 Å². The van der Waals surface area contributed by atoms with Gasteiger partial charge in [-0.1, -0.05) is 28.1 Å². The molecule has 0 aromatic heterocycles. The first-order chi connectivity index (χ1) is 5.21. The molecule has 11 heavy (non-hydrogen) atoms. The lowest BCUT2D eigenvalue weighted by molar-refractivity contribution is 0.151. The van der Waals surface area contributed by atoms with Crippen molar-refractivity contribution in [1.29, 1.82) is 0 Å². The highest BCUT2D eigenvalue weighted by Gasteiger charge is 2.41. The summed E-state index contributed by atoms with van der Waals surface area (Å²) in [5.74, 6) is 0. The van der Waals surface area contributed by atoms with Crippen LogP contribution in [0.5, 0.6) is 0 Å². The molecule has 1 aliphatic carbocycles. The van der Waals surface area contributed by atoms with Crippen LogP contribution in [0.15, 0.2) is 28.7 Å². The molecule has 0 unspecified atom stereocenters. The molecular formula is C9H9BrO. The van der Waals surface area contributed by atoms with Gasteiger partial charge in [0.15, 0.2) is 0 Å². The fourth-order valence-electron chi connectivity index (χ4n) is 1.17. The van der Waals surface area contributed by atoms with Crippen LogP contribution in [0, 0.1) is 0 Å². The molecule has 1 aliphatic rings. The molecule has 1 N–H and O–H groups in total. The zero-order valence-corrected chi connectivity index (χ0v) is 7.63. The molecule has 1 saturated carbocycles. The van der Waals surface area contributed by atoms with Gasteiger partial charge in [-0.3, -0.25) is 0 Å². The summed E-state index contributed by atoms with van der Waals surface area (Å²) >= 11 is 3.35. The number of rotatable bonds is 1. The van der Waals surface area contributed by atoms with Crippen LogP contribution in [0.3, 0.4) is 0 Å².